The first-order valence-electron chi connectivity index (χ1n) is 12.4. The molecule has 1 atom stereocenters. The van der Waals surface area contributed by atoms with Crippen molar-refractivity contribution in [2.24, 2.45) is 0 Å². The molecule has 4 heterocycles. The predicted molar refractivity (Wildman–Crippen MR) is 147 cm³/mol. The molecular formula is C32H22N4. The normalized spacial score (nSPS) is 16.5. The van der Waals surface area contributed by atoms with Gasteiger partial charge < -0.3 is 4.90 Å². The quantitative estimate of drug-likeness (QED) is 0.263. The number of pyridine rings is 2. The molecule has 170 valence electrons. The summed E-state index contributed by atoms with van der Waals surface area (Å²) >= 11 is 0. The van der Waals surface area contributed by atoms with Crippen LogP contribution in [0.25, 0.3) is 38.8 Å². The summed E-state index contributed by atoms with van der Waals surface area (Å²) in [5, 5.41) is 1.08. The molecule has 0 fully saturated rings. The molecule has 3 aromatic carbocycles. The summed E-state index contributed by atoms with van der Waals surface area (Å²) in [5.41, 5.74) is 11.2. The van der Waals surface area contributed by atoms with E-state index in [0.717, 1.165) is 45.3 Å². The van der Waals surface area contributed by atoms with Gasteiger partial charge in [0, 0.05) is 40.1 Å². The summed E-state index contributed by atoms with van der Waals surface area (Å²) < 4.78 is 2.15. The molecule has 0 bridgehead atoms. The second kappa shape index (κ2) is 7.40. The van der Waals surface area contributed by atoms with Crippen LogP contribution in [0.5, 0.6) is 0 Å². The summed E-state index contributed by atoms with van der Waals surface area (Å²) in [4.78, 5) is 12.5. The van der Waals surface area contributed by atoms with E-state index in [1.807, 2.05) is 18.2 Å². The van der Waals surface area contributed by atoms with Crippen LogP contribution in [-0.4, -0.2) is 14.4 Å². The lowest BCUT2D eigenvalue weighted by Crippen LogP contribution is -2.14. The van der Waals surface area contributed by atoms with Crippen LogP contribution in [0.1, 0.15) is 17.9 Å². The van der Waals surface area contributed by atoms with Crippen molar-refractivity contribution in [2.45, 2.75) is 12.3 Å². The molecule has 0 radical (unpaired) electrons. The van der Waals surface area contributed by atoms with Gasteiger partial charge in [-0.2, -0.15) is 0 Å². The minimum Gasteiger partial charge on any atom is -0.313 e. The number of anilines is 2. The molecule has 0 N–H and O–H groups in total. The molecule has 3 aromatic heterocycles. The highest BCUT2D eigenvalue weighted by molar-refractivity contribution is 6.09. The lowest BCUT2D eigenvalue weighted by atomic mass is 9.92. The maximum absolute atomic E-state index is 5.13. The molecule has 1 aliphatic heterocycles. The number of nitrogens with zero attached hydrogens (tertiary/aromatic N) is 4. The second-order valence-corrected chi connectivity index (χ2v) is 9.46. The molecule has 4 heteroatoms. The van der Waals surface area contributed by atoms with E-state index in [-0.39, 0.29) is 0 Å². The number of para-hydroxylation sites is 2. The molecule has 2 aliphatic rings. The van der Waals surface area contributed by atoms with Crippen LogP contribution in [0.3, 0.4) is 0 Å². The predicted octanol–water partition coefficient (Wildman–Crippen LogP) is 7.78. The van der Waals surface area contributed by atoms with Crippen LogP contribution in [0, 0.1) is 0 Å². The smallest absolute Gasteiger partial charge is 0.137 e. The summed E-state index contributed by atoms with van der Waals surface area (Å²) in [6.45, 7) is 0. The van der Waals surface area contributed by atoms with Crippen LogP contribution >= 0.6 is 0 Å². The van der Waals surface area contributed by atoms with Gasteiger partial charge in [-0.3, -0.25) is 4.40 Å². The van der Waals surface area contributed by atoms with Crippen molar-refractivity contribution in [3.63, 3.8) is 0 Å². The van der Waals surface area contributed by atoms with E-state index in [2.05, 4.69) is 107 Å². The Balaban J connectivity index is 1.32. The van der Waals surface area contributed by atoms with Gasteiger partial charge in [0.15, 0.2) is 0 Å². The standard InChI is InChI=1S/C32H22N4/c1-4-12-26-25(11-1)31-32(35-20-8-7-15-29(35)34-31)30(33-26)21-16-18-22(19-17-21)36-27-13-5-2-9-23(27)24-10-3-6-14-28(24)36/h1-9,11-20,24H,10H2. The minimum absolute atomic E-state index is 0.422. The number of aromatic nitrogens is 3. The van der Waals surface area contributed by atoms with Crippen molar-refractivity contribution in [3.05, 3.63) is 127 Å². The molecular weight excluding hydrogens is 440 g/mol. The molecule has 0 saturated carbocycles. The number of allylic oxidation sites excluding steroid dienone is 4. The van der Waals surface area contributed by atoms with Gasteiger partial charge in [0.1, 0.15) is 11.2 Å². The lowest BCUT2D eigenvalue weighted by molar-refractivity contribution is 0.819. The third kappa shape index (κ3) is 2.70. The van der Waals surface area contributed by atoms with Gasteiger partial charge in [0.2, 0.25) is 0 Å². The third-order valence-electron chi connectivity index (χ3n) is 7.49. The SMILES string of the molecule is C1=CCC2C(=C1)N(c1ccc(-c3nc4ccccc4c4nc5ccccn5c34)cc1)c1ccccc12. The van der Waals surface area contributed by atoms with Crippen molar-refractivity contribution in [3.8, 4) is 11.3 Å². The Kier molecular flexibility index (Phi) is 4.03. The zero-order chi connectivity index (χ0) is 23.6. The van der Waals surface area contributed by atoms with Gasteiger partial charge in [-0.25, -0.2) is 9.97 Å². The molecule has 8 rings (SSSR count). The number of benzene rings is 3. The molecule has 1 aliphatic carbocycles. The van der Waals surface area contributed by atoms with Crippen molar-refractivity contribution in [2.75, 3.05) is 4.90 Å². The highest BCUT2D eigenvalue weighted by Crippen LogP contribution is 2.50. The highest BCUT2D eigenvalue weighted by Gasteiger charge is 2.34. The van der Waals surface area contributed by atoms with Crippen molar-refractivity contribution in [1.82, 2.24) is 14.4 Å². The van der Waals surface area contributed by atoms with Crippen molar-refractivity contribution >= 4 is 39.0 Å². The van der Waals surface area contributed by atoms with Gasteiger partial charge in [-0.15, -0.1) is 0 Å². The van der Waals surface area contributed by atoms with Crippen LogP contribution in [0.4, 0.5) is 11.4 Å². The Morgan fingerprint density at radius 3 is 2.56 bits per heavy atom. The number of hydrogen-bond acceptors (Lipinski definition) is 3. The molecule has 6 aromatic rings. The van der Waals surface area contributed by atoms with E-state index >= 15 is 0 Å². The molecule has 1 unspecified atom stereocenters. The Labute approximate surface area is 208 Å². The first-order valence-corrected chi connectivity index (χ1v) is 12.4. The zero-order valence-corrected chi connectivity index (χ0v) is 19.5. The Hall–Kier alpha value is -4.70. The van der Waals surface area contributed by atoms with Gasteiger partial charge in [0.25, 0.3) is 0 Å². The lowest BCUT2D eigenvalue weighted by Gasteiger charge is -2.24. The largest absolute Gasteiger partial charge is 0.313 e. The van der Waals surface area contributed by atoms with Crippen LogP contribution in [-0.2, 0) is 0 Å². The number of hydrogen-bond donors (Lipinski definition) is 0. The number of fused-ring (bicyclic) bond motifs is 8. The molecule has 0 amide bonds. The summed E-state index contributed by atoms with van der Waals surface area (Å²) in [6, 6.07) is 32.0. The van der Waals surface area contributed by atoms with Crippen molar-refractivity contribution in [1.29, 1.82) is 0 Å². The Morgan fingerprint density at radius 1 is 0.778 bits per heavy atom. The molecule has 0 spiro atoms. The van der Waals surface area contributed by atoms with Gasteiger partial charge in [-0.05, 0) is 54.5 Å². The van der Waals surface area contributed by atoms with Gasteiger partial charge >= 0.3 is 0 Å². The Bertz CT molecular complexity index is 1870. The van der Waals surface area contributed by atoms with E-state index in [0.29, 0.717) is 5.92 Å². The monoisotopic (exact) mass is 462 g/mol. The summed E-state index contributed by atoms with van der Waals surface area (Å²) in [7, 11) is 0. The summed E-state index contributed by atoms with van der Waals surface area (Å²) in [5.74, 6) is 0.422. The van der Waals surface area contributed by atoms with Crippen LogP contribution in [0.15, 0.2) is 121 Å². The van der Waals surface area contributed by atoms with Gasteiger partial charge in [-0.1, -0.05) is 66.7 Å². The van der Waals surface area contributed by atoms with Crippen LogP contribution < -0.4 is 4.90 Å². The maximum atomic E-state index is 5.13. The van der Waals surface area contributed by atoms with E-state index in [9.17, 15) is 0 Å². The van der Waals surface area contributed by atoms with E-state index in [1.165, 1.54) is 22.6 Å². The minimum atomic E-state index is 0.422. The fraction of sp³-hybridized carbons (Fsp3) is 0.0625. The average Bonchev–Trinajstić information content (AvgIpc) is 3.50. The zero-order valence-electron chi connectivity index (χ0n) is 19.5. The molecule has 36 heavy (non-hydrogen) atoms. The van der Waals surface area contributed by atoms with E-state index < -0.39 is 0 Å². The third-order valence-corrected chi connectivity index (χ3v) is 7.49. The fourth-order valence-corrected chi connectivity index (χ4v) is 5.87. The average molecular weight is 463 g/mol. The molecule has 0 saturated heterocycles. The van der Waals surface area contributed by atoms with Crippen molar-refractivity contribution < 1.29 is 0 Å². The van der Waals surface area contributed by atoms with E-state index in [4.69, 9.17) is 9.97 Å². The topological polar surface area (TPSA) is 33.4 Å². The fourth-order valence-electron chi connectivity index (χ4n) is 5.87. The Morgan fingerprint density at radius 2 is 1.61 bits per heavy atom. The summed E-state index contributed by atoms with van der Waals surface area (Å²) in [6.07, 6.45) is 9.83. The second-order valence-electron chi connectivity index (χ2n) is 9.46. The maximum Gasteiger partial charge on any atom is 0.137 e. The number of rotatable bonds is 2. The molecule has 4 nitrogen and oxygen atoms in total. The first kappa shape index (κ1) is 19.6. The first-order chi connectivity index (χ1) is 17.9. The van der Waals surface area contributed by atoms with Gasteiger partial charge in [0.05, 0.1) is 16.7 Å². The van der Waals surface area contributed by atoms with E-state index in [1.54, 1.807) is 0 Å². The highest BCUT2D eigenvalue weighted by atomic mass is 15.2. The van der Waals surface area contributed by atoms with Crippen LogP contribution in [0.2, 0.25) is 0 Å². The number of imidazole rings is 1.